The number of pyridine rings is 1. The molecule has 2 aromatic carbocycles. The number of nitrogens with zero attached hydrogens (tertiary/aromatic N) is 3. The van der Waals surface area contributed by atoms with Crippen LogP contribution in [0.25, 0.3) is 16.1 Å². The predicted molar refractivity (Wildman–Crippen MR) is 162 cm³/mol. The van der Waals surface area contributed by atoms with Crippen LogP contribution in [0.1, 0.15) is 37.5 Å². The number of rotatable bonds is 6. The van der Waals surface area contributed by atoms with Crippen molar-refractivity contribution in [2.45, 2.75) is 20.0 Å². The molecule has 0 aliphatic carbocycles. The van der Waals surface area contributed by atoms with Crippen molar-refractivity contribution in [1.82, 2.24) is 14.5 Å². The van der Waals surface area contributed by atoms with Gasteiger partial charge in [0.15, 0.2) is 6.29 Å². The molecule has 42 heavy (non-hydrogen) atoms. The van der Waals surface area contributed by atoms with E-state index in [0.29, 0.717) is 22.5 Å². The first-order valence-corrected chi connectivity index (χ1v) is 13.5. The van der Waals surface area contributed by atoms with Crippen LogP contribution in [0.3, 0.4) is 0 Å². The molecule has 0 aliphatic rings. The Hall–Kier alpha value is -4.77. The molecule has 5 aromatic rings. The van der Waals surface area contributed by atoms with Crippen LogP contribution in [0.15, 0.2) is 84.9 Å². The quantitative estimate of drug-likeness (QED) is 0.196. The van der Waals surface area contributed by atoms with Crippen molar-refractivity contribution in [3.63, 3.8) is 0 Å². The summed E-state index contributed by atoms with van der Waals surface area (Å²) in [5, 5.41) is 7.74. The van der Waals surface area contributed by atoms with Crippen molar-refractivity contribution in [3.8, 4) is 16.1 Å². The van der Waals surface area contributed by atoms with Crippen LogP contribution in [-0.2, 0) is 6.18 Å². The minimum absolute atomic E-state index is 0.408. The Morgan fingerprint density at radius 1 is 0.905 bits per heavy atom. The van der Waals surface area contributed by atoms with E-state index in [1.807, 2.05) is 55.7 Å². The summed E-state index contributed by atoms with van der Waals surface area (Å²) in [6, 6.07) is 15.2. The summed E-state index contributed by atoms with van der Waals surface area (Å²) < 4.78 is 39.8. The molecule has 0 atom stereocenters. The molecule has 0 spiro atoms. The van der Waals surface area contributed by atoms with E-state index >= 15 is 0 Å². The summed E-state index contributed by atoms with van der Waals surface area (Å²) in [5.41, 5.74) is 5.38. The Morgan fingerprint density at radius 2 is 1.67 bits per heavy atom. The van der Waals surface area contributed by atoms with Gasteiger partial charge in [-0.15, -0.1) is 11.3 Å². The summed E-state index contributed by atoms with van der Waals surface area (Å²) in [6.45, 7) is 3.78. The Morgan fingerprint density at radius 3 is 2.24 bits per heavy atom. The minimum Gasteiger partial charge on any atom is -0.388 e. The van der Waals surface area contributed by atoms with Gasteiger partial charge in [-0.1, -0.05) is 18.2 Å². The summed E-state index contributed by atoms with van der Waals surface area (Å²) >= 11 is 1.64. The third-order valence-electron chi connectivity index (χ3n) is 5.91. The van der Waals surface area contributed by atoms with Gasteiger partial charge < -0.3 is 15.2 Å². The van der Waals surface area contributed by atoms with Gasteiger partial charge in [0, 0.05) is 71.3 Å². The van der Waals surface area contributed by atoms with E-state index in [4.69, 9.17) is 0 Å². The molecule has 218 valence electrons. The molecule has 3 aromatic heterocycles. The first kappa shape index (κ1) is 31.8. The van der Waals surface area contributed by atoms with Crippen LogP contribution in [0.2, 0.25) is 0 Å². The molecule has 0 saturated heterocycles. The molecular weight excluding hydrogens is 563 g/mol. The van der Waals surface area contributed by atoms with Crippen LogP contribution in [0.5, 0.6) is 0 Å². The Kier molecular flexibility index (Phi) is 11.1. The number of aryl methyl sites for hydroxylation is 2. The number of anilines is 2. The highest BCUT2D eigenvalue weighted by atomic mass is 32.1. The maximum atomic E-state index is 12.8. The van der Waals surface area contributed by atoms with Crippen molar-refractivity contribution in [1.29, 1.82) is 0 Å². The van der Waals surface area contributed by atoms with Crippen molar-refractivity contribution >= 4 is 35.3 Å². The molecule has 0 amide bonds. The Labute approximate surface area is 246 Å². The van der Waals surface area contributed by atoms with E-state index in [2.05, 4.69) is 20.6 Å². The number of alkyl halides is 3. The lowest BCUT2D eigenvalue weighted by atomic mass is 10.1. The number of carbonyl (C=O) groups excluding carboxylic acids is 2. The fourth-order valence-electron chi connectivity index (χ4n) is 3.71. The van der Waals surface area contributed by atoms with Gasteiger partial charge in [0.2, 0.25) is 0 Å². The molecule has 7 nitrogen and oxygen atoms in total. The van der Waals surface area contributed by atoms with Crippen molar-refractivity contribution in [2.75, 3.05) is 24.7 Å². The van der Waals surface area contributed by atoms with Gasteiger partial charge in [-0.25, -0.2) is 4.98 Å². The van der Waals surface area contributed by atoms with E-state index in [0.717, 1.165) is 52.1 Å². The van der Waals surface area contributed by atoms with Crippen molar-refractivity contribution in [3.05, 3.63) is 113 Å². The van der Waals surface area contributed by atoms with Gasteiger partial charge in [0.25, 0.3) is 0 Å². The van der Waals surface area contributed by atoms with Gasteiger partial charge >= 0.3 is 6.18 Å². The fraction of sp³-hybridized carbons (Fsp3) is 0.161. The van der Waals surface area contributed by atoms with Gasteiger partial charge in [0.05, 0.1) is 17.6 Å². The van der Waals surface area contributed by atoms with Gasteiger partial charge in [-0.05, 0) is 61.2 Å². The average Bonchev–Trinajstić information content (AvgIpc) is 3.70. The second-order valence-corrected chi connectivity index (χ2v) is 9.93. The van der Waals surface area contributed by atoms with Crippen molar-refractivity contribution in [2.24, 2.45) is 0 Å². The van der Waals surface area contributed by atoms with E-state index in [1.165, 1.54) is 6.33 Å². The smallest absolute Gasteiger partial charge is 0.388 e. The molecule has 0 saturated carbocycles. The van der Waals surface area contributed by atoms with Crippen molar-refractivity contribution < 1.29 is 22.8 Å². The van der Waals surface area contributed by atoms with Crippen LogP contribution >= 0.6 is 11.3 Å². The second kappa shape index (κ2) is 14.7. The predicted octanol–water partition coefficient (Wildman–Crippen LogP) is 7.71. The third-order valence-corrected chi connectivity index (χ3v) is 6.83. The number of aldehydes is 2. The first-order valence-electron chi connectivity index (χ1n) is 12.7. The van der Waals surface area contributed by atoms with Gasteiger partial charge in [0.1, 0.15) is 6.29 Å². The average molecular weight is 594 g/mol. The highest BCUT2D eigenvalue weighted by molar-refractivity contribution is 7.13. The van der Waals surface area contributed by atoms with Crippen LogP contribution in [-0.4, -0.2) is 41.2 Å². The van der Waals surface area contributed by atoms with Gasteiger partial charge in [-0.3, -0.25) is 14.6 Å². The number of thiophene rings is 1. The largest absolute Gasteiger partial charge is 0.416 e. The lowest BCUT2D eigenvalue weighted by Gasteiger charge is -2.12. The highest BCUT2D eigenvalue weighted by Gasteiger charge is 2.31. The molecule has 0 aliphatic heterocycles. The second-order valence-electron chi connectivity index (χ2n) is 8.98. The topological polar surface area (TPSA) is 88.9 Å². The van der Waals surface area contributed by atoms with E-state index < -0.39 is 11.7 Å². The molecule has 11 heteroatoms. The molecule has 3 heterocycles. The molecule has 0 unspecified atom stereocenters. The number of carbonyl (C=O) groups is 2. The summed E-state index contributed by atoms with van der Waals surface area (Å²) in [4.78, 5) is 30.0. The number of benzene rings is 2. The van der Waals surface area contributed by atoms with E-state index in [1.54, 1.807) is 54.5 Å². The van der Waals surface area contributed by atoms with Gasteiger partial charge in [-0.2, -0.15) is 13.2 Å². The number of aromatic nitrogens is 3. The fourth-order valence-corrected chi connectivity index (χ4v) is 4.42. The molecule has 5 rings (SSSR count). The lowest BCUT2D eigenvalue weighted by molar-refractivity contribution is -0.137. The normalized spacial score (nSPS) is 10.5. The molecule has 0 fully saturated rings. The SMILES string of the molecule is CNc1cc(-n2cnc(C)c2)cc(C(F)(F)F)c1.CNc1cc(C=O)ccc1C.O=Cc1cncc(-c2cccs2)c1. The molecule has 0 radical (unpaired) electrons. The lowest BCUT2D eigenvalue weighted by Crippen LogP contribution is -2.07. The highest BCUT2D eigenvalue weighted by Crippen LogP contribution is 2.33. The first-order chi connectivity index (χ1) is 20.1. The standard InChI is InChI=1S/C12H12F3N3.C10H7NOS.C9H11NO/c1-8-6-18(7-17-8)11-4-9(12(13,14)15)3-10(5-11)16-2;12-7-8-4-9(6-11-5-8)10-2-1-3-13-10;1-7-3-4-8(6-11)5-9(7)10-2/h3-7,16H,1-2H3;1-7H;3-6,10H,1-2H3. The number of hydrogen-bond donors (Lipinski definition) is 2. The summed E-state index contributed by atoms with van der Waals surface area (Å²) in [6.07, 6.45) is 3.78. The zero-order valence-corrected chi connectivity index (χ0v) is 24.3. The van der Waals surface area contributed by atoms with Crippen LogP contribution in [0, 0.1) is 13.8 Å². The molecule has 2 N–H and O–H groups in total. The number of imidazole rings is 1. The maximum Gasteiger partial charge on any atom is 0.416 e. The van der Waals surface area contributed by atoms with E-state index in [-0.39, 0.29) is 0 Å². The summed E-state index contributed by atoms with van der Waals surface area (Å²) in [7, 11) is 3.43. The Balaban J connectivity index is 0.000000179. The van der Waals surface area contributed by atoms with Crippen LogP contribution in [0.4, 0.5) is 24.5 Å². The zero-order chi connectivity index (χ0) is 30.7. The maximum absolute atomic E-state index is 12.8. The third kappa shape index (κ3) is 8.87. The number of hydrogen-bond acceptors (Lipinski definition) is 7. The van der Waals surface area contributed by atoms with Crippen LogP contribution < -0.4 is 10.6 Å². The number of halogens is 3. The summed E-state index contributed by atoms with van der Waals surface area (Å²) in [5.74, 6) is 0. The minimum atomic E-state index is -4.36. The Bertz CT molecular complexity index is 1620. The monoisotopic (exact) mass is 593 g/mol. The zero-order valence-electron chi connectivity index (χ0n) is 23.4. The number of nitrogens with one attached hydrogen (secondary N) is 2. The molecule has 0 bridgehead atoms. The molecular formula is C31H30F3N5O2S. The van der Waals surface area contributed by atoms with E-state index in [9.17, 15) is 22.8 Å².